The lowest BCUT2D eigenvalue weighted by Crippen LogP contribution is -2.35. The fourth-order valence-corrected chi connectivity index (χ4v) is 3.60. The number of carbonyl (C=O) groups excluding carboxylic acids is 6. The van der Waals surface area contributed by atoms with Crippen LogP contribution in [0.5, 0.6) is 0 Å². The number of fused-ring (bicyclic) bond motifs is 2. The number of ketones is 2. The third-order valence-corrected chi connectivity index (χ3v) is 5.40. The van der Waals surface area contributed by atoms with Crippen LogP contribution in [0.2, 0.25) is 0 Å². The lowest BCUT2D eigenvalue weighted by Gasteiger charge is -2.19. The molecule has 0 aliphatic heterocycles. The van der Waals surface area contributed by atoms with Crippen LogP contribution in [0.3, 0.4) is 0 Å². The molecule has 2 atom stereocenters. The Labute approximate surface area is 205 Å². The minimum absolute atomic E-state index is 0.0865. The molecule has 12 heteroatoms. The number of ether oxygens (including phenoxy) is 2. The zero-order chi connectivity index (χ0) is 26.6. The van der Waals surface area contributed by atoms with E-state index in [0.717, 1.165) is 14.2 Å². The topological polar surface area (TPSA) is 197 Å². The maximum Gasteiger partial charge on any atom is 0.323 e. The minimum atomic E-state index is -1.14. The average molecular weight is 496 g/mol. The average Bonchev–Trinajstić information content (AvgIpc) is 2.85. The highest BCUT2D eigenvalue weighted by Gasteiger charge is 2.30. The highest BCUT2D eigenvalue weighted by Crippen LogP contribution is 2.31. The van der Waals surface area contributed by atoms with Gasteiger partial charge in [0, 0.05) is 33.6 Å². The molecule has 0 bridgehead atoms. The Morgan fingerprint density at radius 1 is 0.694 bits per heavy atom. The Morgan fingerprint density at radius 3 is 1.39 bits per heavy atom. The molecule has 12 nitrogen and oxygen atoms in total. The van der Waals surface area contributed by atoms with Crippen LogP contribution < -0.4 is 22.1 Å². The van der Waals surface area contributed by atoms with Crippen LogP contribution in [-0.4, -0.2) is 61.6 Å². The number of anilines is 2. The maximum atomic E-state index is 13.1. The molecule has 0 spiro atoms. The summed E-state index contributed by atoms with van der Waals surface area (Å²) in [6.45, 7) is 0. The van der Waals surface area contributed by atoms with Gasteiger partial charge in [0.05, 0.1) is 27.1 Å². The first-order valence-electron chi connectivity index (χ1n) is 10.7. The van der Waals surface area contributed by atoms with Crippen molar-refractivity contribution < 1.29 is 38.2 Å². The Kier molecular flexibility index (Phi) is 7.92. The number of nitrogens with one attached hydrogen (secondary N) is 2. The highest BCUT2D eigenvalue weighted by atomic mass is 16.5. The van der Waals surface area contributed by atoms with Gasteiger partial charge >= 0.3 is 11.9 Å². The van der Waals surface area contributed by atoms with Gasteiger partial charge in [0.2, 0.25) is 11.8 Å². The molecule has 2 amide bonds. The van der Waals surface area contributed by atoms with E-state index in [1.165, 1.54) is 36.4 Å². The van der Waals surface area contributed by atoms with Gasteiger partial charge in [0.1, 0.15) is 12.1 Å². The monoisotopic (exact) mass is 496 g/mol. The van der Waals surface area contributed by atoms with Crippen molar-refractivity contribution in [2.45, 2.75) is 24.9 Å². The van der Waals surface area contributed by atoms with E-state index in [0.29, 0.717) is 0 Å². The Balaban J connectivity index is 1.77. The summed E-state index contributed by atoms with van der Waals surface area (Å²) in [6, 6.07) is 6.12. The van der Waals surface area contributed by atoms with E-state index in [9.17, 15) is 28.8 Å². The largest absolute Gasteiger partial charge is 0.468 e. The first-order valence-corrected chi connectivity index (χ1v) is 10.7. The van der Waals surface area contributed by atoms with Crippen molar-refractivity contribution in [3.8, 4) is 0 Å². The van der Waals surface area contributed by atoms with Crippen molar-refractivity contribution >= 4 is 46.7 Å². The second-order valence-corrected chi connectivity index (χ2v) is 7.94. The molecule has 1 aliphatic rings. The predicted molar refractivity (Wildman–Crippen MR) is 126 cm³/mol. The van der Waals surface area contributed by atoms with Gasteiger partial charge in [-0.15, -0.1) is 0 Å². The summed E-state index contributed by atoms with van der Waals surface area (Å²) >= 11 is 0. The maximum absolute atomic E-state index is 13.1. The fraction of sp³-hybridized carbons (Fsp3) is 0.250. The highest BCUT2D eigenvalue weighted by molar-refractivity contribution is 6.29. The van der Waals surface area contributed by atoms with E-state index in [4.69, 9.17) is 11.5 Å². The summed E-state index contributed by atoms with van der Waals surface area (Å²) in [7, 11) is 2.31. The number of hydrogen-bond acceptors (Lipinski definition) is 10. The van der Waals surface area contributed by atoms with Gasteiger partial charge in [-0.3, -0.25) is 28.8 Å². The van der Waals surface area contributed by atoms with Crippen LogP contribution in [0.1, 0.15) is 44.7 Å². The van der Waals surface area contributed by atoms with Gasteiger partial charge in [0.15, 0.2) is 11.6 Å². The van der Waals surface area contributed by atoms with Crippen LogP contribution in [0.25, 0.3) is 0 Å². The number of nitrogens with two attached hydrogens (primary N) is 2. The van der Waals surface area contributed by atoms with Crippen LogP contribution >= 0.6 is 0 Å². The number of carbonyl (C=O) groups is 6. The molecule has 2 aromatic rings. The molecule has 36 heavy (non-hydrogen) atoms. The van der Waals surface area contributed by atoms with Gasteiger partial charge < -0.3 is 31.6 Å². The van der Waals surface area contributed by atoms with E-state index >= 15 is 0 Å². The van der Waals surface area contributed by atoms with Gasteiger partial charge in [-0.1, -0.05) is 0 Å². The second kappa shape index (κ2) is 10.9. The van der Waals surface area contributed by atoms with Gasteiger partial charge in [-0.25, -0.2) is 0 Å². The van der Waals surface area contributed by atoms with Crippen LogP contribution in [0.4, 0.5) is 11.4 Å². The van der Waals surface area contributed by atoms with E-state index < -0.39 is 47.4 Å². The van der Waals surface area contributed by atoms with Crippen LogP contribution in [0, 0.1) is 0 Å². The van der Waals surface area contributed by atoms with E-state index in [-0.39, 0.29) is 46.5 Å². The van der Waals surface area contributed by atoms with Crippen molar-refractivity contribution in [1.29, 1.82) is 0 Å². The summed E-state index contributed by atoms with van der Waals surface area (Å²) in [4.78, 5) is 73.3. The molecular weight excluding hydrogens is 472 g/mol. The summed E-state index contributed by atoms with van der Waals surface area (Å²) in [5.74, 6) is -3.53. The zero-order valence-corrected chi connectivity index (χ0v) is 19.5. The SMILES string of the molecule is COC(=O)C(N)CC(=O)Nc1ccc2c(c1)C(=O)c1ccc(NC(=O)CC(N)C(=O)OC)cc1C2=O. The summed E-state index contributed by atoms with van der Waals surface area (Å²) in [5, 5.41) is 5.08. The smallest absolute Gasteiger partial charge is 0.323 e. The van der Waals surface area contributed by atoms with Gasteiger partial charge in [-0.2, -0.15) is 0 Å². The number of benzene rings is 2. The van der Waals surface area contributed by atoms with E-state index in [1.54, 1.807) is 0 Å². The molecular formula is C24H24N4O8. The number of amides is 2. The van der Waals surface area contributed by atoms with Gasteiger partial charge in [0.25, 0.3) is 0 Å². The third-order valence-electron chi connectivity index (χ3n) is 5.40. The molecule has 0 saturated heterocycles. The normalized spacial score (nSPS) is 13.6. The number of methoxy groups -OCH3 is 2. The molecule has 2 aromatic carbocycles. The zero-order valence-electron chi connectivity index (χ0n) is 19.5. The quantitative estimate of drug-likeness (QED) is 0.311. The minimum Gasteiger partial charge on any atom is -0.468 e. The summed E-state index contributed by atoms with van der Waals surface area (Å²) < 4.78 is 8.97. The first-order chi connectivity index (χ1) is 17.0. The molecule has 3 rings (SSSR count). The van der Waals surface area contributed by atoms with Crippen molar-refractivity contribution in [2.75, 3.05) is 24.9 Å². The number of hydrogen-bond donors (Lipinski definition) is 4. The molecule has 0 radical (unpaired) electrons. The van der Waals surface area contributed by atoms with Crippen molar-refractivity contribution in [1.82, 2.24) is 0 Å². The Morgan fingerprint density at radius 2 is 1.06 bits per heavy atom. The molecule has 6 N–H and O–H groups in total. The number of esters is 2. The lowest BCUT2D eigenvalue weighted by atomic mass is 9.83. The molecule has 0 heterocycles. The fourth-order valence-electron chi connectivity index (χ4n) is 3.60. The molecule has 0 aromatic heterocycles. The third kappa shape index (κ3) is 5.62. The molecule has 2 unspecified atom stereocenters. The first kappa shape index (κ1) is 26.2. The summed E-state index contributed by atoms with van der Waals surface area (Å²) in [5.41, 5.74) is 12.1. The predicted octanol–water partition coefficient (Wildman–Crippen LogP) is 0.120. The lowest BCUT2D eigenvalue weighted by molar-refractivity contribution is -0.143. The van der Waals surface area contributed by atoms with Crippen molar-refractivity contribution in [3.63, 3.8) is 0 Å². The molecule has 1 aliphatic carbocycles. The number of rotatable bonds is 8. The molecule has 188 valence electrons. The Hall–Kier alpha value is -4.42. The van der Waals surface area contributed by atoms with E-state index in [1.807, 2.05) is 0 Å². The van der Waals surface area contributed by atoms with E-state index in [2.05, 4.69) is 20.1 Å². The van der Waals surface area contributed by atoms with Gasteiger partial charge in [-0.05, 0) is 36.4 Å². The summed E-state index contributed by atoms with van der Waals surface area (Å²) in [6.07, 6.45) is -0.670. The second-order valence-electron chi connectivity index (χ2n) is 7.94. The van der Waals surface area contributed by atoms with Crippen molar-refractivity contribution in [2.24, 2.45) is 11.5 Å². The van der Waals surface area contributed by atoms with Crippen LogP contribution in [-0.2, 0) is 28.7 Å². The Bertz CT molecular complexity index is 1180. The molecule has 0 fully saturated rings. The van der Waals surface area contributed by atoms with Crippen molar-refractivity contribution in [3.05, 3.63) is 58.7 Å². The standard InChI is InChI=1S/C24H24N4O8/c1-35-23(33)17(25)9-19(29)27-11-3-5-13-15(7-11)21(31)14-6-4-12(8-16(14)22(13)32)28-20(30)10-18(26)24(34)36-2/h3-8,17-18H,9-10,25-26H2,1-2H3,(H,27,29)(H,28,30). The molecule has 0 saturated carbocycles. The van der Waals surface area contributed by atoms with Crippen LogP contribution in [0.15, 0.2) is 36.4 Å².